The molecule has 1 N–H and O–H groups in total. The van der Waals surface area contributed by atoms with Crippen molar-refractivity contribution < 1.29 is 13.9 Å². The maximum absolute atomic E-state index is 13.3. The number of hydrogen-bond donors (Lipinski definition) is 1. The first kappa shape index (κ1) is 20.8. The SMILES string of the molecule is Cc1ccc(OCc2csc(C(=O)Nc3cnn(Cc4cccc(F)c4)c3)c2)c(C)c1. The number of carbonyl (C=O) groups excluding carboxylic acids is 1. The van der Waals surface area contributed by atoms with Gasteiger partial charge in [0.15, 0.2) is 0 Å². The van der Waals surface area contributed by atoms with Crippen molar-refractivity contribution in [3.63, 3.8) is 0 Å². The van der Waals surface area contributed by atoms with E-state index in [1.165, 1.54) is 29.0 Å². The molecule has 7 heteroatoms. The first-order chi connectivity index (χ1) is 15.0. The number of thiophene rings is 1. The Kier molecular flexibility index (Phi) is 6.13. The van der Waals surface area contributed by atoms with Gasteiger partial charge in [0.05, 0.1) is 23.3 Å². The topological polar surface area (TPSA) is 56.1 Å². The quantitative estimate of drug-likeness (QED) is 0.412. The van der Waals surface area contributed by atoms with Crippen molar-refractivity contribution in [2.75, 3.05) is 5.32 Å². The summed E-state index contributed by atoms with van der Waals surface area (Å²) < 4.78 is 20.9. The molecule has 4 rings (SSSR count). The third kappa shape index (κ3) is 5.38. The van der Waals surface area contributed by atoms with Crippen LogP contribution in [0.4, 0.5) is 10.1 Å². The number of carbonyl (C=O) groups is 1. The van der Waals surface area contributed by atoms with Crippen molar-refractivity contribution in [1.29, 1.82) is 0 Å². The Morgan fingerprint density at radius 1 is 1.16 bits per heavy atom. The van der Waals surface area contributed by atoms with Gasteiger partial charge in [-0.05, 0) is 54.6 Å². The molecular weight excluding hydrogens is 413 g/mol. The summed E-state index contributed by atoms with van der Waals surface area (Å²) in [6.45, 7) is 4.89. The lowest BCUT2D eigenvalue weighted by Crippen LogP contribution is -2.09. The van der Waals surface area contributed by atoms with Crippen molar-refractivity contribution in [2.45, 2.75) is 27.0 Å². The van der Waals surface area contributed by atoms with E-state index in [-0.39, 0.29) is 11.7 Å². The molecule has 0 saturated heterocycles. The number of amides is 1. The van der Waals surface area contributed by atoms with E-state index < -0.39 is 0 Å². The van der Waals surface area contributed by atoms with Crippen LogP contribution in [0, 0.1) is 19.7 Å². The molecule has 2 aromatic heterocycles. The minimum atomic E-state index is -0.284. The molecule has 2 heterocycles. The van der Waals surface area contributed by atoms with Crippen LogP contribution in [0.1, 0.15) is 31.9 Å². The molecule has 0 aliphatic heterocycles. The second-order valence-electron chi connectivity index (χ2n) is 7.39. The van der Waals surface area contributed by atoms with E-state index in [9.17, 15) is 9.18 Å². The van der Waals surface area contributed by atoms with Gasteiger partial charge in [-0.15, -0.1) is 11.3 Å². The highest BCUT2D eigenvalue weighted by molar-refractivity contribution is 7.12. The fourth-order valence-electron chi connectivity index (χ4n) is 3.22. The van der Waals surface area contributed by atoms with Crippen LogP contribution in [0.25, 0.3) is 0 Å². The summed E-state index contributed by atoms with van der Waals surface area (Å²) in [4.78, 5) is 13.2. The second kappa shape index (κ2) is 9.14. The fourth-order valence-corrected chi connectivity index (χ4v) is 4.01. The van der Waals surface area contributed by atoms with Gasteiger partial charge in [0.25, 0.3) is 5.91 Å². The molecule has 0 fully saturated rings. The maximum atomic E-state index is 13.3. The van der Waals surface area contributed by atoms with Gasteiger partial charge < -0.3 is 10.1 Å². The van der Waals surface area contributed by atoms with E-state index >= 15 is 0 Å². The number of nitrogens with zero attached hydrogens (tertiary/aromatic N) is 2. The molecule has 0 unspecified atom stereocenters. The number of halogens is 1. The van der Waals surface area contributed by atoms with E-state index in [2.05, 4.69) is 16.5 Å². The Labute approximate surface area is 184 Å². The van der Waals surface area contributed by atoms with Gasteiger partial charge in [-0.1, -0.05) is 29.8 Å². The van der Waals surface area contributed by atoms with Crippen LogP contribution in [0.15, 0.2) is 66.3 Å². The predicted molar refractivity (Wildman–Crippen MR) is 120 cm³/mol. The van der Waals surface area contributed by atoms with Crippen LogP contribution in [-0.4, -0.2) is 15.7 Å². The smallest absolute Gasteiger partial charge is 0.265 e. The normalized spacial score (nSPS) is 10.8. The van der Waals surface area contributed by atoms with Gasteiger partial charge in [-0.25, -0.2) is 4.39 Å². The van der Waals surface area contributed by atoms with E-state index in [4.69, 9.17) is 4.74 Å². The highest BCUT2D eigenvalue weighted by Gasteiger charge is 2.12. The lowest BCUT2D eigenvalue weighted by Gasteiger charge is -2.08. The van der Waals surface area contributed by atoms with Gasteiger partial charge in [0, 0.05) is 11.8 Å². The van der Waals surface area contributed by atoms with E-state index in [0.717, 1.165) is 22.4 Å². The lowest BCUT2D eigenvalue weighted by atomic mass is 10.1. The summed E-state index contributed by atoms with van der Waals surface area (Å²) in [5.41, 5.74) is 4.61. The predicted octanol–water partition coefficient (Wildman–Crippen LogP) is 5.58. The monoisotopic (exact) mass is 435 g/mol. The Morgan fingerprint density at radius 3 is 2.84 bits per heavy atom. The number of benzene rings is 2. The van der Waals surface area contributed by atoms with Gasteiger partial charge in [0.2, 0.25) is 0 Å². The van der Waals surface area contributed by atoms with Gasteiger partial charge >= 0.3 is 0 Å². The second-order valence-corrected chi connectivity index (χ2v) is 8.30. The summed E-state index contributed by atoms with van der Waals surface area (Å²) in [5.74, 6) is 0.356. The van der Waals surface area contributed by atoms with E-state index in [0.29, 0.717) is 23.7 Å². The Balaban J connectivity index is 1.34. The van der Waals surface area contributed by atoms with Crippen molar-refractivity contribution >= 4 is 22.9 Å². The first-order valence-corrected chi connectivity index (χ1v) is 10.7. The van der Waals surface area contributed by atoms with Crippen LogP contribution in [-0.2, 0) is 13.2 Å². The fraction of sp³-hybridized carbons (Fsp3) is 0.167. The molecule has 158 valence electrons. The number of ether oxygens (including phenoxy) is 1. The zero-order valence-corrected chi connectivity index (χ0v) is 18.1. The number of anilines is 1. The molecule has 0 radical (unpaired) electrons. The minimum absolute atomic E-state index is 0.201. The van der Waals surface area contributed by atoms with Crippen LogP contribution in [0.2, 0.25) is 0 Å². The van der Waals surface area contributed by atoms with Crippen molar-refractivity contribution in [3.8, 4) is 5.75 Å². The molecule has 1 amide bonds. The summed E-state index contributed by atoms with van der Waals surface area (Å²) in [7, 11) is 0. The van der Waals surface area contributed by atoms with Crippen LogP contribution >= 0.6 is 11.3 Å². The minimum Gasteiger partial charge on any atom is -0.489 e. The summed E-state index contributed by atoms with van der Waals surface area (Å²) in [5, 5.41) is 9.01. The largest absolute Gasteiger partial charge is 0.489 e. The summed E-state index contributed by atoms with van der Waals surface area (Å²) in [6.07, 6.45) is 3.30. The molecule has 0 saturated carbocycles. The summed E-state index contributed by atoms with van der Waals surface area (Å²) in [6, 6.07) is 14.3. The molecule has 0 bridgehead atoms. The zero-order valence-electron chi connectivity index (χ0n) is 17.3. The average molecular weight is 436 g/mol. The molecule has 2 aromatic carbocycles. The lowest BCUT2D eigenvalue weighted by molar-refractivity contribution is 0.103. The molecule has 0 aliphatic carbocycles. The number of aryl methyl sites for hydroxylation is 2. The highest BCUT2D eigenvalue weighted by Crippen LogP contribution is 2.22. The van der Waals surface area contributed by atoms with Crippen LogP contribution < -0.4 is 10.1 Å². The number of nitrogens with one attached hydrogen (secondary N) is 1. The van der Waals surface area contributed by atoms with Gasteiger partial charge in [-0.2, -0.15) is 5.10 Å². The van der Waals surface area contributed by atoms with Crippen molar-refractivity contribution in [3.05, 3.63) is 99.3 Å². The molecule has 0 atom stereocenters. The highest BCUT2D eigenvalue weighted by atomic mass is 32.1. The third-order valence-corrected chi connectivity index (χ3v) is 5.70. The number of rotatable bonds is 7. The van der Waals surface area contributed by atoms with Crippen molar-refractivity contribution in [1.82, 2.24) is 9.78 Å². The first-order valence-electron chi connectivity index (χ1n) is 9.82. The molecule has 5 nitrogen and oxygen atoms in total. The Hall–Kier alpha value is -3.45. The third-order valence-electron chi connectivity index (χ3n) is 4.73. The number of aromatic nitrogens is 2. The average Bonchev–Trinajstić information content (AvgIpc) is 3.37. The Bertz CT molecular complexity index is 1220. The zero-order chi connectivity index (χ0) is 21.8. The molecule has 4 aromatic rings. The van der Waals surface area contributed by atoms with E-state index in [1.54, 1.807) is 23.1 Å². The van der Waals surface area contributed by atoms with Gasteiger partial charge in [-0.3, -0.25) is 9.48 Å². The van der Waals surface area contributed by atoms with Gasteiger partial charge in [0.1, 0.15) is 18.2 Å². The number of hydrogen-bond acceptors (Lipinski definition) is 4. The van der Waals surface area contributed by atoms with Crippen LogP contribution in [0.3, 0.4) is 0 Å². The maximum Gasteiger partial charge on any atom is 0.265 e. The summed E-state index contributed by atoms with van der Waals surface area (Å²) >= 11 is 1.37. The molecule has 0 spiro atoms. The molecule has 31 heavy (non-hydrogen) atoms. The molecular formula is C24H22FN3O2S. The van der Waals surface area contributed by atoms with Crippen LogP contribution in [0.5, 0.6) is 5.75 Å². The standard InChI is InChI=1S/C24H22FN3O2S/c1-16-6-7-22(17(2)8-16)30-14-19-10-23(31-15-19)24(29)27-21-11-26-28(13-21)12-18-4-3-5-20(25)9-18/h3-11,13,15H,12,14H2,1-2H3,(H,27,29). The van der Waals surface area contributed by atoms with E-state index in [1.807, 2.05) is 43.5 Å². The molecule has 0 aliphatic rings. The Morgan fingerprint density at radius 2 is 2.03 bits per heavy atom. The van der Waals surface area contributed by atoms with Crippen molar-refractivity contribution in [2.24, 2.45) is 0 Å².